The van der Waals surface area contributed by atoms with Crippen LogP contribution < -0.4 is 0 Å². The van der Waals surface area contributed by atoms with Gasteiger partial charge in [0.2, 0.25) is 0 Å². The highest BCUT2D eigenvalue weighted by Crippen LogP contribution is 2.39. The number of carbonyl (C=O) groups excluding carboxylic acids is 1. The molecule has 124 valence electrons. The number of aromatic nitrogens is 1. The molecule has 2 heterocycles. The van der Waals surface area contributed by atoms with Crippen LogP contribution in [-0.4, -0.2) is 21.9 Å². The van der Waals surface area contributed by atoms with Crippen molar-refractivity contribution in [2.75, 3.05) is 0 Å². The summed E-state index contributed by atoms with van der Waals surface area (Å²) in [6.45, 7) is 11.0. The Morgan fingerprint density at radius 1 is 1.42 bits per heavy atom. The predicted molar refractivity (Wildman–Crippen MR) is 103 cm³/mol. The minimum absolute atomic E-state index is 0.599. The van der Waals surface area contributed by atoms with Crippen LogP contribution in [0.3, 0.4) is 0 Å². The molecule has 2 rings (SSSR count). The molecule has 1 aromatic rings. The normalized spacial score (nSPS) is 14.4. The number of hydrogen-bond donors (Lipinski definition) is 1. The van der Waals surface area contributed by atoms with E-state index in [4.69, 9.17) is 0 Å². The van der Waals surface area contributed by atoms with E-state index >= 15 is 0 Å². The number of nitrogens with zero attached hydrogens (tertiary/aromatic N) is 2. The molecule has 0 aliphatic carbocycles. The van der Waals surface area contributed by atoms with Gasteiger partial charge in [0.15, 0.2) is 0 Å². The highest BCUT2D eigenvalue weighted by molar-refractivity contribution is 8.05. The maximum absolute atomic E-state index is 11.8. The summed E-state index contributed by atoms with van der Waals surface area (Å²) >= 11 is 1.30. The van der Waals surface area contributed by atoms with Crippen LogP contribution in [0.15, 0.2) is 46.6 Å². The average molecular weight is 341 g/mol. The van der Waals surface area contributed by atoms with Crippen molar-refractivity contribution in [2.45, 2.75) is 25.0 Å². The summed E-state index contributed by atoms with van der Waals surface area (Å²) in [6.07, 6.45) is 9.41. The van der Waals surface area contributed by atoms with Crippen molar-refractivity contribution in [1.82, 2.24) is 4.98 Å². The number of allylic oxidation sites excluding steroid dienone is 2. The lowest BCUT2D eigenvalue weighted by atomic mass is 10.1. The van der Waals surface area contributed by atoms with Gasteiger partial charge in [-0.2, -0.15) is 0 Å². The molecule has 1 aromatic heterocycles. The number of amides is 1. The standard InChI is InChI=1S/C18H19N3O2S/c1-5-12-11-15(20-14(12)6-2)13-7-9-19-10-8-16(13)24-18(3,4)17(22)21-23/h5-6,8-11,20H,1-2,7H2,3-4H3. The first-order valence-electron chi connectivity index (χ1n) is 7.39. The SMILES string of the molecule is C=Cc1cc(C2=C(SC(C)(C)C(=O)N=O)C=CN=CC2)[nH]c1C=C. The Balaban J connectivity index is 2.52. The fraction of sp³-hybridized carbons (Fsp3) is 0.222. The molecule has 0 unspecified atom stereocenters. The van der Waals surface area contributed by atoms with E-state index in [-0.39, 0.29) is 0 Å². The highest BCUT2D eigenvalue weighted by atomic mass is 32.2. The summed E-state index contributed by atoms with van der Waals surface area (Å²) in [5.74, 6) is -0.692. The number of carbonyl (C=O) groups is 1. The second-order valence-electron chi connectivity index (χ2n) is 5.66. The molecule has 0 saturated heterocycles. The zero-order valence-electron chi connectivity index (χ0n) is 13.7. The van der Waals surface area contributed by atoms with Crippen molar-refractivity contribution in [3.8, 4) is 0 Å². The van der Waals surface area contributed by atoms with Gasteiger partial charge in [0.05, 0.1) is 4.75 Å². The quantitative estimate of drug-likeness (QED) is 0.755. The van der Waals surface area contributed by atoms with Crippen molar-refractivity contribution >= 4 is 41.6 Å². The minimum Gasteiger partial charge on any atom is -0.355 e. The van der Waals surface area contributed by atoms with Crippen molar-refractivity contribution in [1.29, 1.82) is 0 Å². The van der Waals surface area contributed by atoms with Crippen LogP contribution >= 0.6 is 11.8 Å². The zero-order chi connectivity index (χ0) is 17.7. The van der Waals surface area contributed by atoms with Gasteiger partial charge in [0, 0.05) is 40.3 Å². The number of nitrogens with one attached hydrogen (secondary N) is 1. The molecule has 1 N–H and O–H groups in total. The first-order valence-corrected chi connectivity index (χ1v) is 8.21. The Hall–Kier alpha value is -2.47. The van der Waals surface area contributed by atoms with E-state index in [1.54, 1.807) is 38.4 Å². The number of nitroso groups, excluding NO2 is 1. The van der Waals surface area contributed by atoms with Gasteiger partial charge in [-0.05, 0) is 43.2 Å². The second-order valence-corrected chi connectivity index (χ2v) is 7.33. The van der Waals surface area contributed by atoms with Gasteiger partial charge in [-0.1, -0.05) is 19.2 Å². The number of aliphatic imine (C=N–C) groups is 1. The van der Waals surface area contributed by atoms with Crippen molar-refractivity contribution in [2.24, 2.45) is 10.2 Å². The molecular formula is C18H19N3O2S. The molecule has 0 fully saturated rings. The monoisotopic (exact) mass is 341 g/mol. The Morgan fingerprint density at radius 2 is 2.17 bits per heavy atom. The number of H-pyrrole nitrogens is 1. The van der Waals surface area contributed by atoms with E-state index < -0.39 is 10.7 Å². The van der Waals surface area contributed by atoms with Crippen LogP contribution in [-0.2, 0) is 4.79 Å². The molecule has 24 heavy (non-hydrogen) atoms. The largest absolute Gasteiger partial charge is 0.355 e. The number of hydrogen-bond acceptors (Lipinski definition) is 4. The summed E-state index contributed by atoms with van der Waals surface area (Å²) in [5.41, 5.74) is 3.72. The lowest BCUT2D eigenvalue weighted by Gasteiger charge is -2.20. The summed E-state index contributed by atoms with van der Waals surface area (Å²) < 4.78 is -0.952. The van der Waals surface area contributed by atoms with E-state index in [0.29, 0.717) is 6.42 Å². The lowest BCUT2D eigenvalue weighted by Crippen LogP contribution is -2.25. The maximum Gasteiger partial charge on any atom is 0.302 e. The maximum atomic E-state index is 11.8. The van der Waals surface area contributed by atoms with E-state index in [0.717, 1.165) is 27.4 Å². The van der Waals surface area contributed by atoms with Crippen LogP contribution in [0.1, 0.15) is 37.2 Å². The Morgan fingerprint density at radius 3 is 2.75 bits per heavy atom. The van der Waals surface area contributed by atoms with Crippen LogP contribution in [0.4, 0.5) is 0 Å². The third-order valence-corrected chi connectivity index (χ3v) is 4.89. The van der Waals surface area contributed by atoms with Crippen LogP contribution in [0, 0.1) is 4.91 Å². The van der Waals surface area contributed by atoms with Gasteiger partial charge < -0.3 is 4.98 Å². The number of rotatable bonds is 6. The van der Waals surface area contributed by atoms with E-state index in [1.165, 1.54) is 11.8 Å². The smallest absolute Gasteiger partial charge is 0.302 e. The van der Waals surface area contributed by atoms with Gasteiger partial charge in [0.1, 0.15) is 0 Å². The third-order valence-electron chi connectivity index (χ3n) is 3.60. The van der Waals surface area contributed by atoms with Gasteiger partial charge in [-0.25, -0.2) is 0 Å². The summed E-state index contributed by atoms with van der Waals surface area (Å²) in [5, 5.41) is 2.57. The van der Waals surface area contributed by atoms with Crippen molar-refractivity contribution < 1.29 is 4.79 Å². The van der Waals surface area contributed by atoms with Gasteiger partial charge in [0.25, 0.3) is 0 Å². The molecule has 1 aliphatic rings. The Kier molecular flexibility index (Phi) is 5.51. The number of thioether (sulfide) groups is 1. The average Bonchev–Trinajstić information content (AvgIpc) is 2.86. The second kappa shape index (κ2) is 7.40. The van der Waals surface area contributed by atoms with Gasteiger partial charge in [-0.3, -0.25) is 9.79 Å². The van der Waals surface area contributed by atoms with Crippen molar-refractivity contribution in [3.05, 3.63) is 58.3 Å². The topological polar surface area (TPSA) is 74.7 Å². The molecule has 0 bridgehead atoms. The van der Waals surface area contributed by atoms with Gasteiger partial charge in [-0.15, -0.1) is 16.7 Å². The zero-order valence-corrected chi connectivity index (χ0v) is 14.5. The van der Waals surface area contributed by atoms with Gasteiger partial charge >= 0.3 is 5.91 Å². The Bertz CT molecular complexity index is 757. The molecular weight excluding hydrogens is 322 g/mol. The van der Waals surface area contributed by atoms with E-state index in [9.17, 15) is 9.70 Å². The predicted octanol–water partition coefficient (Wildman–Crippen LogP) is 4.80. The van der Waals surface area contributed by atoms with Crippen LogP contribution in [0.2, 0.25) is 0 Å². The molecule has 0 atom stereocenters. The lowest BCUT2D eigenvalue weighted by molar-refractivity contribution is -0.119. The highest BCUT2D eigenvalue weighted by Gasteiger charge is 2.31. The number of aromatic amines is 1. The summed E-state index contributed by atoms with van der Waals surface area (Å²) in [7, 11) is 0. The van der Waals surface area contributed by atoms with E-state index in [1.807, 2.05) is 12.1 Å². The molecule has 0 radical (unpaired) electrons. The van der Waals surface area contributed by atoms with Crippen molar-refractivity contribution in [3.63, 3.8) is 0 Å². The third kappa shape index (κ3) is 3.71. The Labute approximate surface area is 145 Å². The first-order chi connectivity index (χ1) is 11.4. The fourth-order valence-electron chi connectivity index (χ4n) is 2.27. The molecule has 1 amide bonds. The summed E-state index contributed by atoms with van der Waals surface area (Å²) in [4.78, 5) is 30.8. The molecule has 5 nitrogen and oxygen atoms in total. The first kappa shape index (κ1) is 17.9. The minimum atomic E-state index is -0.952. The van der Waals surface area contributed by atoms with Crippen LogP contribution in [0.25, 0.3) is 17.7 Å². The molecule has 6 heteroatoms. The molecule has 1 aliphatic heterocycles. The molecule has 0 aromatic carbocycles. The van der Waals surface area contributed by atoms with E-state index in [2.05, 4.69) is 28.3 Å². The van der Waals surface area contributed by atoms with Crippen LogP contribution in [0.5, 0.6) is 0 Å². The molecule has 0 saturated carbocycles. The molecule has 0 spiro atoms. The summed E-state index contributed by atoms with van der Waals surface area (Å²) in [6, 6.07) is 1.99. The fourth-order valence-corrected chi connectivity index (χ4v) is 3.39.